The zero-order valence-corrected chi connectivity index (χ0v) is 13.2. The molecule has 0 unspecified atom stereocenters. The molecule has 0 bridgehead atoms. The maximum atomic E-state index is 12.2. The molecule has 1 amide bonds. The highest BCUT2D eigenvalue weighted by molar-refractivity contribution is 9.10. The molecule has 20 heavy (non-hydrogen) atoms. The highest BCUT2D eigenvalue weighted by atomic mass is 79.9. The van der Waals surface area contributed by atoms with Crippen LogP contribution in [0.25, 0.3) is 0 Å². The van der Waals surface area contributed by atoms with Gasteiger partial charge in [0.2, 0.25) is 0 Å². The lowest BCUT2D eigenvalue weighted by Gasteiger charge is -2.15. The summed E-state index contributed by atoms with van der Waals surface area (Å²) in [6, 6.07) is 7.63. The van der Waals surface area contributed by atoms with Crippen LogP contribution in [0.15, 0.2) is 40.3 Å². The van der Waals surface area contributed by atoms with Gasteiger partial charge in [-0.3, -0.25) is 4.79 Å². The predicted molar refractivity (Wildman–Crippen MR) is 84.3 cm³/mol. The second-order valence-electron chi connectivity index (χ2n) is 4.73. The number of nitrogens with zero attached hydrogens (tertiary/aromatic N) is 2. The van der Waals surface area contributed by atoms with Crippen LogP contribution < -0.4 is 10.2 Å². The summed E-state index contributed by atoms with van der Waals surface area (Å²) in [6.45, 7) is 1.77. The predicted octanol–water partition coefficient (Wildman–Crippen LogP) is 2.91. The van der Waals surface area contributed by atoms with E-state index >= 15 is 0 Å². The fourth-order valence-electron chi connectivity index (χ4n) is 2.32. The molecular weight excluding hydrogens is 338 g/mol. The molecule has 1 atom stereocenters. The number of amides is 1. The highest BCUT2D eigenvalue weighted by Crippen LogP contribution is 2.22. The van der Waals surface area contributed by atoms with E-state index < -0.39 is 0 Å². The summed E-state index contributed by atoms with van der Waals surface area (Å²) < 4.78 is 0.918. The van der Waals surface area contributed by atoms with Crippen LogP contribution in [0.4, 0.5) is 5.13 Å². The van der Waals surface area contributed by atoms with Crippen LogP contribution >= 0.6 is 27.3 Å². The number of anilines is 1. The minimum Gasteiger partial charge on any atom is -0.347 e. The van der Waals surface area contributed by atoms with E-state index in [2.05, 4.69) is 31.1 Å². The highest BCUT2D eigenvalue weighted by Gasteiger charge is 2.25. The van der Waals surface area contributed by atoms with Crippen molar-refractivity contribution in [2.24, 2.45) is 0 Å². The molecule has 2 aromatic rings. The number of nitrogens with one attached hydrogen (secondary N) is 1. The molecule has 104 valence electrons. The number of rotatable bonds is 3. The number of carbonyl (C=O) groups excluding carboxylic acids is 1. The summed E-state index contributed by atoms with van der Waals surface area (Å²) in [5.41, 5.74) is 0.687. The van der Waals surface area contributed by atoms with E-state index in [9.17, 15) is 4.79 Å². The van der Waals surface area contributed by atoms with Crippen molar-refractivity contribution in [3.8, 4) is 0 Å². The summed E-state index contributed by atoms with van der Waals surface area (Å²) in [5, 5.41) is 6.10. The molecule has 1 aliphatic rings. The van der Waals surface area contributed by atoms with Gasteiger partial charge in [0.15, 0.2) is 5.13 Å². The maximum absolute atomic E-state index is 12.2. The van der Waals surface area contributed by atoms with E-state index in [1.54, 1.807) is 11.3 Å². The van der Waals surface area contributed by atoms with Crippen molar-refractivity contribution in [1.29, 1.82) is 0 Å². The Balaban J connectivity index is 1.61. The first-order valence-corrected chi connectivity index (χ1v) is 8.10. The lowest BCUT2D eigenvalue weighted by molar-refractivity contribution is 0.0940. The number of carbonyl (C=O) groups is 1. The third-order valence-corrected chi connectivity index (χ3v) is 4.63. The van der Waals surface area contributed by atoms with Crippen molar-refractivity contribution in [3.63, 3.8) is 0 Å². The number of thiazole rings is 1. The van der Waals surface area contributed by atoms with Gasteiger partial charge in [-0.15, -0.1) is 11.3 Å². The molecule has 0 saturated carbocycles. The monoisotopic (exact) mass is 351 g/mol. The van der Waals surface area contributed by atoms with E-state index in [0.29, 0.717) is 5.56 Å². The van der Waals surface area contributed by atoms with Gasteiger partial charge in [-0.05, 0) is 24.6 Å². The van der Waals surface area contributed by atoms with Crippen LogP contribution in [0.1, 0.15) is 16.8 Å². The van der Waals surface area contributed by atoms with Gasteiger partial charge in [0.25, 0.3) is 5.91 Å². The fourth-order valence-corrected chi connectivity index (χ4v) is 3.40. The zero-order chi connectivity index (χ0) is 13.9. The molecule has 0 aliphatic carbocycles. The summed E-state index contributed by atoms with van der Waals surface area (Å²) in [6.07, 6.45) is 2.77. The van der Waals surface area contributed by atoms with Crippen molar-refractivity contribution in [2.75, 3.05) is 18.0 Å². The molecule has 3 rings (SSSR count). The molecule has 4 nitrogen and oxygen atoms in total. The first kappa shape index (κ1) is 13.6. The van der Waals surface area contributed by atoms with Crippen molar-refractivity contribution >= 4 is 38.3 Å². The Hall–Kier alpha value is -1.40. The van der Waals surface area contributed by atoms with Gasteiger partial charge in [-0.1, -0.05) is 22.0 Å². The van der Waals surface area contributed by atoms with E-state index in [1.165, 1.54) is 0 Å². The molecule has 2 heterocycles. The summed E-state index contributed by atoms with van der Waals surface area (Å²) in [5.74, 6) is -0.0164. The Morgan fingerprint density at radius 2 is 2.40 bits per heavy atom. The Labute approximate surface area is 130 Å². The second kappa shape index (κ2) is 5.93. The van der Waals surface area contributed by atoms with Gasteiger partial charge >= 0.3 is 0 Å². The van der Waals surface area contributed by atoms with Crippen molar-refractivity contribution in [3.05, 3.63) is 45.9 Å². The molecule has 6 heteroatoms. The Morgan fingerprint density at radius 3 is 3.15 bits per heavy atom. The normalized spacial score (nSPS) is 18.2. The summed E-state index contributed by atoms with van der Waals surface area (Å²) in [4.78, 5) is 18.7. The third-order valence-electron chi connectivity index (χ3n) is 3.30. The van der Waals surface area contributed by atoms with Gasteiger partial charge in [-0.25, -0.2) is 4.98 Å². The molecule has 1 fully saturated rings. The smallest absolute Gasteiger partial charge is 0.251 e. The van der Waals surface area contributed by atoms with Crippen LogP contribution in [-0.2, 0) is 0 Å². The summed E-state index contributed by atoms with van der Waals surface area (Å²) >= 11 is 5.02. The topological polar surface area (TPSA) is 45.2 Å². The average molecular weight is 352 g/mol. The third kappa shape index (κ3) is 3.02. The first-order valence-electron chi connectivity index (χ1n) is 6.43. The van der Waals surface area contributed by atoms with E-state index in [4.69, 9.17) is 0 Å². The minimum absolute atomic E-state index is 0.0164. The molecular formula is C14H14BrN3OS. The first-order chi connectivity index (χ1) is 9.72. The molecule has 1 aromatic carbocycles. The molecule has 0 radical (unpaired) electrons. The Morgan fingerprint density at radius 1 is 1.50 bits per heavy atom. The SMILES string of the molecule is O=C(N[C@H]1CCN(c2nccs2)C1)c1cccc(Br)c1. The van der Waals surface area contributed by atoms with Gasteiger partial charge < -0.3 is 10.2 Å². The fraction of sp³-hybridized carbons (Fsp3) is 0.286. The summed E-state index contributed by atoms with van der Waals surface area (Å²) in [7, 11) is 0. The van der Waals surface area contributed by atoms with Crippen LogP contribution in [0, 0.1) is 0 Å². The van der Waals surface area contributed by atoms with E-state index in [-0.39, 0.29) is 11.9 Å². The second-order valence-corrected chi connectivity index (χ2v) is 6.52. The lowest BCUT2D eigenvalue weighted by Crippen LogP contribution is -2.37. The van der Waals surface area contributed by atoms with Crippen molar-refractivity contribution < 1.29 is 4.79 Å². The number of aromatic nitrogens is 1. The largest absolute Gasteiger partial charge is 0.347 e. The Bertz CT molecular complexity index is 602. The quantitative estimate of drug-likeness (QED) is 0.924. The van der Waals surface area contributed by atoms with Crippen LogP contribution in [0.3, 0.4) is 0 Å². The van der Waals surface area contributed by atoms with Crippen molar-refractivity contribution in [2.45, 2.75) is 12.5 Å². The number of hydrogen-bond acceptors (Lipinski definition) is 4. The molecule has 1 saturated heterocycles. The van der Waals surface area contributed by atoms with E-state index in [1.807, 2.05) is 35.8 Å². The van der Waals surface area contributed by atoms with Crippen LogP contribution in [0.2, 0.25) is 0 Å². The number of hydrogen-bond donors (Lipinski definition) is 1. The molecule has 1 aromatic heterocycles. The van der Waals surface area contributed by atoms with E-state index in [0.717, 1.165) is 29.1 Å². The Kier molecular flexibility index (Phi) is 4.03. The minimum atomic E-state index is -0.0164. The van der Waals surface area contributed by atoms with Gasteiger partial charge in [-0.2, -0.15) is 0 Å². The maximum Gasteiger partial charge on any atom is 0.251 e. The lowest BCUT2D eigenvalue weighted by atomic mass is 10.2. The van der Waals surface area contributed by atoms with Crippen LogP contribution in [-0.4, -0.2) is 30.0 Å². The number of benzene rings is 1. The molecule has 1 aliphatic heterocycles. The standard InChI is InChI=1S/C14H14BrN3OS/c15-11-3-1-2-10(8-11)13(19)17-12-4-6-18(9-12)14-16-5-7-20-14/h1-3,5,7-8,12H,4,6,9H2,(H,17,19)/t12-/m0/s1. The molecule has 1 N–H and O–H groups in total. The average Bonchev–Trinajstić information content (AvgIpc) is 3.08. The molecule has 0 spiro atoms. The van der Waals surface area contributed by atoms with Gasteiger partial charge in [0, 0.05) is 40.7 Å². The van der Waals surface area contributed by atoms with Crippen molar-refractivity contribution in [1.82, 2.24) is 10.3 Å². The van der Waals surface area contributed by atoms with Gasteiger partial charge in [0.05, 0.1) is 0 Å². The van der Waals surface area contributed by atoms with Crippen LogP contribution in [0.5, 0.6) is 0 Å². The zero-order valence-electron chi connectivity index (χ0n) is 10.8. The number of halogens is 1. The van der Waals surface area contributed by atoms with Gasteiger partial charge in [0.1, 0.15) is 0 Å².